The molecule has 0 spiro atoms. The number of aromatic nitrogens is 1. The van der Waals surface area contributed by atoms with Crippen LogP contribution >= 0.6 is 0 Å². The van der Waals surface area contributed by atoms with Crippen LogP contribution in [0, 0.1) is 10.1 Å². The molecule has 0 aliphatic heterocycles. The van der Waals surface area contributed by atoms with Crippen molar-refractivity contribution < 1.29 is 14.8 Å². The molecule has 0 fully saturated rings. The number of aliphatic hydroxyl groups excluding tert-OH is 1. The van der Waals surface area contributed by atoms with E-state index in [1.54, 1.807) is 18.3 Å². The van der Waals surface area contributed by atoms with Gasteiger partial charge in [-0.15, -0.1) is 0 Å². The highest BCUT2D eigenvalue weighted by Gasteiger charge is 2.15. The molecule has 7 heteroatoms. The zero-order valence-corrected chi connectivity index (χ0v) is 15.1. The van der Waals surface area contributed by atoms with Crippen molar-refractivity contribution in [3.63, 3.8) is 0 Å². The normalized spacial score (nSPS) is 12.1. The third-order valence-corrected chi connectivity index (χ3v) is 4.11. The maximum atomic E-state index is 11.2. The van der Waals surface area contributed by atoms with Crippen molar-refractivity contribution in [1.29, 1.82) is 0 Å². The molecule has 3 rings (SSSR count). The largest absolute Gasteiger partial charge is 0.491 e. The van der Waals surface area contributed by atoms with E-state index < -0.39 is 11.0 Å². The van der Waals surface area contributed by atoms with Gasteiger partial charge in [0.15, 0.2) is 0 Å². The standard InChI is InChI=1S/C20H21N3O4/c1-13(2)27-15-5-3-14(4-6-15)20(24)12-22-18-7-8-19(23(25)26)17-11-21-10-9-16(17)18/h3-11,13,20,22,24H,12H2,1-2H3. The maximum Gasteiger partial charge on any atom is 0.278 e. The third kappa shape index (κ3) is 4.32. The number of nitrogens with zero attached hydrogens (tertiary/aromatic N) is 2. The lowest BCUT2D eigenvalue weighted by atomic mass is 10.1. The molecule has 0 radical (unpaired) electrons. The molecule has 0 aliphatic carbocycles. The minimum Gasteiger partial charge on any atom is -0.491 e. The number of nitrogens with one attached hydrogen (secondary N) is 1. The Labute approximate surface area is 156 Å². The highest BCUT2D eigenvalue weighted by atomic mass is 16.6. The monoisotopic (exact) mass is 367 g/mol. The molecule has 7 nitrogen and oxygen atoms in total. The van der Waals surface area contributed by atoms with Gasteiger partial charge < -0.3 is 15.2 Å². The summed E-state index contributed by atoms with van der Waals surface area (Å²) in [6, 6.07) is 12.1. The van der Waals surface area contributed by atoms with E-state index in [2.05, 4.69) is 10.3 Å². The van der Waals surface area contributed by atoms with E-state index in [4.69, 9.17) is 4.74 Å². The van der Waals surface area contributed by atoms with Gasteiger partial charge in [-0.25, -0.2) is 0 Å². The molecule has 2 N–H and O–H groups in total. The van der Waals surface area contributed by atoms with Crippen molar-refractivity contribution in [2.24, 2.45) is 0 Å². The fourth-order valence-electron chi connectivity index (χ4n) is 2.85. The van der Waals surface area contributed by atoms with E-state index in [1.165, 1.54) is 12.3 Å². The predicted molar refractivity (Wildman–Crippen MR) is 104 cm³/mol. The van der Waals surface area contributed by atoms with Gasteiger partial charge in [0.25, 0.3) is 5.69 Å². The quantitative estimate of drug-likeness (QED) is 0.482. The van der Waals surface area contributed by atoms with Gasteiger partial charge in [-0.05, 0) is 43.7 Å². The van der Waals surface area contributed by atoms with Gasteiger partial charge in [-0.1, -0.05) is 12.1 Å². The molecule has 0 amide bonds. The minimum atomic E-state index is -0.731. The van der Waals surface area contributed by atoms with Crippen LogP contribution in [0.5, 0.6) is 5.75 Å². The van der Waals surface area contributed by atoms with Crippen molar-refractivity contribution in [3.8, 4) is 5.75 Å². The Kier molecular flexibility index (Phi) is 5.52. The Hall–Kier alpha value is -3.19. The van der Waals surface area contributed by atoms with Crippen molar-refractivity contribution in [2.75, 3.05) is 11.9 Å². The van der Waals surface area contributed by atoms with Gasteiger partial charge in [0, 0.05) is 36.1 Å². The zero-order chi connectivity index (χ0) is 19.4. The number of hydrogen-bond acceptors (Lipinski definition) is 6. The summed E-state index contributed by atoms with van der Waals surface area (Å²) in [7, 11) is 0. The summed E-state index contributed by atoms with van der Waals surface area (Å²) >= 11 is 0. The molecule has 3 aromatic rings. The van der Waals surface area contributed by atoms with Crippen molar-refractivity contribution in [2.45, 2.75) is 26.1 Å². The van der Waals surface area contributed by atoms with Crippen LogP contribution in [-0.4, -0.2) is 27.7 Å². The third-order valence-electron chi connectivity index (χ3n) is 4.11. The fourth-order valence-corrected chi connectivity index (χ4v) is 2.85. The number of aliphatic hydroxyl groups is 1. The molecule has 0 bridgehead atoms. The first-order chi connectivity index (χ1) is 13.0. The lowest BCUT2D eigenvalue weighted by Crippen LogP contribution is -2.12. The Balaban J connectivity index is 1.75. The first-order valence-corrected chi connectivity index (χ1v) is 8.65. The maximum absolute atomic E-state index is 11.2. The number of ether oxygens (including phenoxy) is 1. The van der Waals surface area contributed by atoms with E-state index in [0.717, 1.165) is 11.3 Å². The van der Waals surface area contributed by atoms with Gasteiger partial charge >= 0.3 is 0 Å². The lowest BCUT2D eigenvalue weighted by molar-refractivity contribution is -0.383. The fraction of sp³-hybridized carbons (Fsp3) is 0.250. The van der Waals surface area contributed by atoms with Crippen LogP contribution in [0.25, 0.3) is 10.8 Å². The number of non-ortho nitro benzene ring substituents is 1. The van der Waals surface area contributed by atoms with Gasteiger partial charge in [0.05, 0.1) is 22.5 Å². The second-order valence-electron chi connectivity index (χ2n) is 6.44. The molecular weight excluding hydrogens is 346 g/mol. The van der Waals surface area contributed by atoms with Gasteiger partial charge in [0.1, 0.15) is 5.75 Å². The number of nitro benzene ring substituents is 1. The van der Waals surface area contributed by atoms with E-state index in [1.807, 2.05) is 38.1 Å². The van der Waals surface area contributed by atoms with Crippen molar-refractivity contribution in [3.05, 3.63) is 70.5 Å². The number of anilines is 1. The van der Waals surface area contributed by atoms with E-state index in [9.17, 15) is 15.2 Å². The van der Waals surface area contributed by atoms with Crippen molar-refractivity contribution >= 4 is 22.1 Å². The second-order valence-corrected chi connectivity index (χ2v) is 6.44. The Morgan fingerprint density at radius 3 is 2.56 bits per heavy atom. The number of hydrogen-bond donors (Lipinski definition) is 2. The Morgan fingerprint density at radius 1 is 1.15 bits per heavy atom. The molecule has 140 valence electrons. The zero-order valence-electron chi connectivity index (χ0n) is 15.1. The summed E-state index contributed by atoms with van der Waals surface area (Å²) in [5, 5.41) is 25.9. The molecule has 2 aromatic carbocycles. The van der Waals surface area contributed by atoms with Crippen LogP contribution in [0.2, 0.25) is 0 Å². The average molecular weight is 367 g/mol. The van der Waals surface area contributed by atoms with Crippen LogP contribution in [0.15, 0.2) is 54.9 Å². The number of rotatable bonds is 7. The highest BCUT2D eigenvalue weighted by molar-refractivity contribution is 5.99. The molecule has 1 atom stereocenters. The molecular formula is C20H21N3O4. The topological polar surface area (TPSA) is 97.5 Å². The summed E-state index contributed by atoms with van der Waals surface area (Å²) in [5.74, 6) is 0.753. The molecule has 1 heterocycles. The molecule has 27 heavy (non-hydrogen) atoms. The minimum absolute atomic E-state index is 0.00457. The Morgan fingerprint density at radius 2 is 1.89 bits per heavy atom. The van der Waals surface area contributed by atoms with Crippen molar-refractivity contribution in [1.82, 2.24) is 4.98 Å². The lowest BCUT2D eigenvalue weighted by Gasteiger charge is -2.16. The number of pyridine rings is 1. The van der Waals surface area contributed by atoms with Gasteiger partial charge in [0.2, 0.25) is 0 Å². The summed E-state index contributed by atoms with van der Waals surface area (Å²) in [5.41, 5.74) is 1.47. The predicted octanol–water partition coefficient (Wildman–Crippen LogP) is 4.08. The van der Waals surface area contributed by atoms with Gasteiger partial charge in [-0.2, -0.15) is 0 Å². The van der Waals surface area contributed by atoms with Crippen LogP contribution in [0.4, 0.5) is 11.4 Å². The highest BCUT2D eigenvalue weighted by Crippen LogP contribution is 2.31. The van der Waals surface area contributed by atoms with Crippen LogP contribution in [0.3, 0.4) is 0 Å². The number of benzene rings is 2. The number of nitro groups is 1. The summed E-state index contributed by atoms with van der Waals surface area (Å²) in [6.45, 7) is 4.17. The van der Waals surface area contributed by atoms with E-state index >= 15 is 0 Å². The van der Waals surface area contributed by atoms with Crippen LogP contribution < -0.4 is 10.1 Å². The molecule has 1 aromatic heterocycles. The Bertz CT molecular complexity index is 942. The van der Waals surface area contributed by atoms with Crippen LogP contribution in [0.1, 0.15) is 25.5 Å². The summed E-state index contributed by atoms with van der Waals surface area (Å²) in [4.78, 5) is 14.7. The molecule has 0 saturated heterocycles. The number of fused-ring (bicyclic) bond motifs is 1. The van der Waals surface area contributed by atoms with E-state index in [-0.39, 0.29) is 18.3 Å². The SMILES string of the molecule is CC(C)Oc1ccc(C(O)CNc2ccc([N+](=O)[O-])c3cnccc23)cc1. The molecule has 0 saturated carbocycles. The van der Waals surface area contributed by atoms with Crippen LogP contribution in [-0.2, 0) is 0 Å². The average Bonchev–Trinajstić information content (AvgIpc) is 2.65. The first-order valence-electron chi connectivity index (χ1n) is 8.65. The molecule has 1 unspecified atom stereocenters. The summed E-state index contributed by atoms with van der Waals surface area (Å²) in [6.07, 6.45) is 2.42. The first kappa shape index (κ1) is 18.6. The van der Waals surface area contributed by atoms with Gasteiger partial charge in [-0.3, -0.25) is 15.1 Å². The summed E-state index contributed by atoms with van der Waals surface area (Å²) < 4.78 is 5.60. The van der Waals surface area contributed by atoms with E-state index in [0.29, 0.717) is 16.5 Å². The molecule has 0 aliphatic rings. The smallest absolute Gasteiger partial charge is 0.278 e. The second kappa shape index (κ2) is 8.01.